The Morgan fingerprint density at radius 1 is 1.17 bits per heavy atom. The van der Waals surface area contributed by atoms with Gasteiger partial charge in [0.2, 0.25) is 5.91 Å². The molecule has 0 spiro atoms. The van der Waals surface area contributed by atoms with Crippen LogP contribution in [0, 0.1) is 0 Å². The number of carbonyl (C=O) groups is 2. The molecule has 0 aliphatic rings. The normalized spacial score (nSPS) is 10.3. The van der Waals surface area contributed by atoms with Crippen LogP contribution >= 0.6 is 23.6 Å². The van der Waals surface area contributed by atoms with Gasteiger partial charge in [0.25, 0.3) is 5.91 Å². The minimum Gasteiger partial charge on any atom is -0.355 e. The van der Waals surface area contributed by atoms with Gasteiger partial charge >= 0.3 is 0 Å². The van der Waals surface area contributed by atoms with Crippen LogP contribution in [0.1, 0.15) is 15.2 Å². The second-order valence-corrected chi connectivity index (χ2v) is 5.84. The Hall–Kier alpha value is -2.51. The molecule has 7 heteroatoms. The minimum atomic E-state index is -0.308. The molecule has 23 heavy (non-hydrogen) atoms. The van der Waals surface area contributed by atoms with Crippen LogP contribution in [0.2, 0.25) is 0 Å². The summed E-state index contributed by atoms with van der Waals surface area (Å²) in [6.07, 6.45) is 3.15. The maximum absolute atomic E-state index is 11.7. The molecule has 1 heterocycles. The lowest BCUT2D eigenvalue weighted by Crippen LogP contribution is -2.32. The van der Waals surface area contributed by atoms with Crippen LogP contribution in [-0.2, 0) is 4.79 Å². The van der Waals surface area contributed by atoms with Crippen molar-refractivity contribution in [3.8, 4) is 0 Å². The molecular formula is C16H15N3O2S2. The molecule has 1 aromatic heterocycles. The van der Waals surface area contributed by atoms with Crippen molar-refractivity contribution in [2.24, 2.45) is 0 Å². The number of amides is 2. The molecule has 0 fully saturated rings. The average Bonchev–Trinajstić information content (AvgIpc) is 3.06. The number of hydrogen-bond donors (Lipinski definition) is 3. The van der Waals surface area contributed by atoms with Crippen molar-refractivity contribution in [2.45, 2.75) is 0 Å². The Balaban J connectivity index is 1.86. The molecule has 2 rings (SSSR count). The Morgan fingerprint density at radius 3 is 2.52 bits per heavy atom. The van der Waals surface area contributed by atoms with E-state index in [1.54, 1.807) is 48.7 Å². The molecule has 0 saturated heterocycles. The standard InChI is InChI=1S/C16H15N3O2S2/c1-17-15(21)11-4-6-12(7-5-11)18-16(22)19-14(20)9-8-13-3-2-10-23-13/h2-10H,1H3,(H,17,21)(H2,18,19,20,22)/b9-8+. The summed E-state index contributed by atoms with van der Waals surface area (Å²) in [4.78, 5) is 24.2. The van der Waals surface area contributed by atoms with E-state index >= 15 is 0 Å². The number of hydrogen-bond acceptors (Lipinski definition) is 4. The van der Waals surface area contributed by atoms with E-state index in [0.29, 0.717) is 11.3 Å². The van der Waals surface area contributed by atoms with Crippen molar-refractivity contribution in [1.82, 2.24) is 10.6 Å². The van der Waals surface area contributed by atoms with Crippen molar-refractivity contribution in [2.75, 3.05) is 12.4 Å². The highest BCUT2D eigenvalue weighted by atomic mass is 32.1. The summed E-state index contributed by atoms with van der Waals surface area (Å²) in [6, 6.07) is 10.6. The number of thiocarbonyl (C=S) groups is 1. The van der Waals surface area contributed by atoms with Gasteiger partial charge in [0.15, 0.2) is 5.11 Å². The highest BCUT2D eigenvalue weighted by Gasteiger charge is 2.04. The zero-order valence-corrected chi connectivity index (χ0v) is 14.0. The first-order valence-electron chi connectivity index (χ1n) is 6.74. The maximum Gasteiger partial charge on any atom is 0.251 e. The van der Waals surface area contributed by atoms with E-state index in [1.165, 1.54) is 6.08 Å². The average molecular weight is 345 g/mol. The van der Waals surface area contributed by atoms with Crippen LogP contribution in [-0.4, -0.2) is 24.0 Å². The molecule has 0 aliphatic carbocycles. The fourth-order valence-electron chi connectivity index (χ4n) is 1.71. The first-order valence-corrected chi connectivity index (χ1v) is 8.03. The topological polar surface area (TPSA) is 70.2 Å². The molecule has 0 bridgehead atoms. The fourth-order valence-corrected chi connectivity index (χ4v) is 2.55. The van der Waals surface area contributed by atoms with Gasteiger partial charge in [-0.3, -0.25) is 14.9 Å². The SMILES string of the molecule is CNC(=O)c1ccc(NC(=S)NC(=O)/C=C/c2cccs2)cc1. The third-order valence-corrected chi connectivity index (χ3v) is 3.85. The summed E-state index contributed by atoms with van der Waals surface area (Å²) >= 11 is 6.62. The second-order valence-electron chi connectivity index (χ2n) is 4.45. The molecule has 0 unspecified atom stereocenters. The van der Waals surface area contributed by atoms with Crippen molar-refractivity contribution in [3.63, 3.8) is 0 Å². The lowest BCUT2D eigenvalue weighted by molar-refractivity contribution is -0.115. The molecule has 2 amide bonds. The number of thiophene rings is 1. The van der Waals surface area contributed by atoms with E-state index in [4.69, 9.17) is 12.2 Å². The summed E-state index contributed by atoms with van der Waals surface area (Å²) in [5, 5.41) is 10.1. The summed E-state index contributed by atoms with van der Waals surface area (Å²) in [5.41, 5.74) is 1.23. The molecule has 0 radical (unpaired) electrons. The molecule has 5 nitrogen and oxygen atoms in total. The summed E-state index contributed by atoms with van der Waals surface area (Å²) in [7, 11) is 1.57. The summed E-state index contributed by atoms with van der Waals surface area (Å²) < 4.78 is 0. The first kappa shape index (κ1) is 16.9. The monoisotopic (exact) mass is 345 g/mol. The van der Waals surface area contributed by atoms with Gasteiger partial charge in [0.1, 0.15) is 0 Å². The molecule has 3 N–H and O–H groups in total. The number of benzene rings is 1. The minimum absolute atomic E-state index is 0.161. The van der Waals surface area contributed by atoms with Gasteiger partial charge in [-0.2, -0.15) is 0 Å². The van der Waals surface area contributed by atoms with E-state index in [2.05, 4.69) is 16.0 Å². The van der Waals surface area contributed by atoms with Crippen molar-refractivity contribution >= 4 is 52.2 Å². The molecule has 0 saturated carbocycles. The molecular weight excluding hydrogens is 330 g/mol. The van der Waals surface area contributed by atoms with E-state index in [1.807, 2.05) is 17.5 Å². The number of anilines is 1. The van der Waals surface area contributed by atoms with Gasteiger partial charge in [-0.1, -0.05) is 6.07 Å². The molecule has 0 aliphatic heterocycles. The van der Waals surface area contributed by atoms with E-state index in [0.717, 1.165) is 4.88 Å². The molecule has 0 atom stereocenters. The van der Waals surface area contributed by atoms with Gasteiger partial charge in [-0.15, -0.1) is 11.3 Å². The second kappa shape index (κ2) is 8.21. The fraction of sp³-hybridized carbons (Fsp3) is 0.0625. The summed E-state index contributed by atoms with van der Waals surface area (Å²) in [5.74, 6) is -0.468. The maximum atomic E-state index is 11.7. The van der Waals surface area contributed by atoms with Gasteiger partial charge in [-0.05, 0) is 54.0 Å². The quantitative estimate of drug-likeness (QED) is 0.588. The van der Waals surface area contributed by atoms with Gasteiger partial charge in [-0.25, -0.2) is 0 Å². The number of carbonyl (C=O) groups excluding carboxylic acids is 2. The smallest absolute Gasteiger partial charge is 0.251 e. The highest BCUT2D eigenvalue weighted by molar-refractivity contribution is 7.80. The van der Waals surface area contributed by atoms with Crippen molar-refractivity contribution in [3.05, 3.63) is 58.3 Å². The van der Waals surface area contributed by atoms with Crippen molar-refractivity contribution in [1.29, 1.82) is 0 Å². The zero-order valence-electron chi connectivity index (χ0n) is 12.3. The van der Waals surface area contributed by atoms with Crippen molar-refractivity contribution < 1.29 is 9.59 Å². The Bertz CT molecular complexity index is 722. The number of nitrogens with one attached hydrogen (secondary N) is 3. The van der Waals surface area contributed by atoms with Crippen LogP contribution in [0.15, 0.2) is 47.9 Å². The molecule has 1 aromatic carbocycles. The third-order valence-electron chi connectivity index (χ3n) is 2.81. The van der Waals surface area contributed by atoms with E-state index in [9.17, 15) is 9.59 Å². The van der Waals surface area contributed by atoms with Gasteiger partial charge in [0.05, 0.1) is 0 Å². The Labute approximate surface area is 143 Å². The Morgan fingerprint density at radius 2 is 1.91 bits per heavy atom. The van der Waals surface area contributed by atoms with Crippen LogP contribution in [0.5, 0.6) is 0 Å². The van der Waals surface area contributed by atoms with Crippen LogP contribution in [0.25, 0.3) is 6.08 Å². The van der Waals surface area contributed by atoms with Gasteiger partial charge < -0.3 is 10.6 Å². The van der Waals surface area contributed by atoms with E-state index < -0.39 is 0 Å². The largest absolute Gasteiger partial charge is 0.355 e. The lowest BCUT2D eigenvalue weighted by atomic mass is 10.2. The predicted molar refractivity (Wildman–Crippen MR) is 97.5 cm³/mol. The van der Waals surface area contributed by atoms with Crippen LogP contribution < -0.4 is 16.0 Å². The third kappa shape index (κ3) is 5.32. The summed E-state index contributed by atoms with van der Waals surface area (Å²) in [6.45, 7) is 0. The van der Waals surface area contributed by atoms with E-state index in [-0.39, 0.29) is 16.9 Å². The highest BCUT2D eigenvalue weighted by Crippen LogP contribution is 2.10. The lowest BCUT2D eigenvalue weighted by Gasteiger charge is -2.08. The molecule has 118 valence electrons. The Kier molecular flexibility index (Phi) is 6.02. The predicted octanol–water partition coefficient (Wildman–Crippen LogP) is 2.63. The zero-order chi connectivity index (χ0) is 16.7. The first-order chi connectivity index (χ1) is 11.1. The number of rotatable bonds is 4. The van der Waals surface area contributed by atoms with Crippen LogP contribution in [0.3, 0.4) is 0 Å². The van der Waals surface area contributed by atoms with Crippen LogP contribution in [0.4, 0.5) is 5.69 Å². The van der Waals surface area contributed by atoms with Gasteiger partial charge in [0, 0.05) is 29.3 Å². The molecule has 2 aromatic rings.